The molecule has 0 bridgehead atoms. The van der Waals surface area contributed by atoms with Crippen molar-refractivity contribution in [1.82, 2.24) is 0 Å². The van der Waals surface area contributed by atoms with Gasteiger partial charge in [-0.25, -0.2) is 0 Å². The Kier molecular flexibility index (Phi) is 1.23. The van der Waals surface area contributed by atoms with Gasteiger partial charge in [0.25, 0.3) is 0 Å². The molecule has 2 N–H and O–H groups in total. The third-order valence-corrected chi connectivity index (χ3v) is 2.95. The maximum Gasteiger partial charge on any atom is 0.0965 e. The van der Waals surface area contributed by atoms with Crippen LogP contribution in [-0.2, 0) is 0 Å². The van der Waals surface area contributed by atoms with Gasteiger partial charge in [-0.05, 0) is 37.5 Å². The number of hydrogen-bond acceptors (Lipinski definition) is 2. The summed E-state index contributed by atoms with van der Waals surface area (Å²) in [4.78, 5) is 0. The molecule has 0 atom stereocenters. The molecule has 11 heavy (non-hydrogen) atoms. The number of nitrogens with zero attached hydrogens (tertiary/aromatic N) is 1. The first kappa shape index (κ1) is 6.72. The molecule has 2 heteroatoms. The molecule has 1 saturated carbocycles. The summed E-state index contributed by atoms with van der Waals surface area (Å²) in [6, 6.07) is 2.17. The van der Waals surface area contributed by atoms with E-state index in [1.807, 2.05) is 0 Å². The number of rotatable bonds is 0. The summed E-state index contributed by atoms with van der Waals surface area (Å²) < 4.78 is 0. The zero-order valence-electron chi connectivity index (χ0n) is 6.56. The van der Waals surface area contributed by atoms with Crippen LogP contribution < -0.4 is 5.73 Å². The number of nitrogens with two attached hydrogens (primary N) is 1. The predicted octanol–water partition coefficient (Wildman–Crippen LogP) is 1.69. The lowest BCUT2D eigenvalue weighted by atomic mass is 9.85. The van der Waals surface area contributed by atoms with E-state index in [0.717, 1.165) is 24.1 Å². The highest BCUT2D eigenvalue weighted by molar-refractivity contribution is 5.30. The number of nitriles is 1. The summed E-state index contributed by atoms with van der Waals surface area (Å²) >= 11 is 0. The van der Waals surface area contributed by atoms with E-state index < -0.39 is 0 Å². The van der Waals surface area contributed by atoms with Gasteiger partial charge in [-0.15, -0.1) is 0 Å². The van der Waals surface area contributed by atoms with Gasteiger partial charge in [0.1, 0.15) is 0 Å². The van der Waals surface area contributed by atoms with Gasteiger partial charge < -0.3 is 5.73 Å². The summed E-state index contributed by atoms with van der Waals surface area (Å²) in [5, 5.41) is 8.66. The van der Waals surface area contributed by atoms with Crippen molar-refractivity contribution in [2.45, 2.75) is 32.1 Å². The third kappa shape index (κ3) is 1.01. The molecule has 2 rings (SSSR count). The molecule has 0 aliphatic heterocycles. The third-order valence-electron chi connectivity index (χ3n) is 2.95. The van der Waals surface area contributed by atoms with Crippen LogP contribution in [0.1, 0.15) is 32.1 Å². The fourth-order valence-corrected chi connectivity index (χ4v) is 1.88. The van der Waals surface area contributed by atoms with Gasteiger partial charge in [0.15, 0.2) is 0 Å². The van der Waals surface area contributed by atoms with Crippen LogP contribution in [0.5, 0.6) is 0 Å². The van der Waals surface area contributed by atoms with Crippen LogP contribution in [0.3, 0.4) is 0 Å². The summed E-state index contributed by atoms with van der Waals surface area (Å²) in [5.41, 5.74) is 8.00. The Morgan fingerprint density at radius 1 is 1.36 bits per heavy atom. The Balaban J connectivity index is 2.19. The summed E-state index contributed by atoms with van der Waals surface area (Å²) in [6.45, 7) is 0. The molecule has 2 nitrogen and oxygen atoms in total. The minimum atomic E-state index is 0.546. The van der Waals surface area contributed by atoms with Crippen molar-refractivity contribution in [1.29, 1.82) is 5.26 Å². The van der Waals surface area contributed by atoms with E-state index in [2.05, 4.69) is 6.07 Å². The van der Waals surface area contributed by atoms with Crippen molar-refractivity contribution in [3.05, 3.63) is 11.3 Å². The first-order chi connectivity index (χ1) is 5.26. The number of allylic oxidation sites excluding steroid dienone is 2. The zero-order valence-corrected chi connectivity index (χ0v) is 6.56. The summed E-state index contributed by atoms with van der Waals surface area (Å²) in [5.74, 6) is 0. The average molecular weight is 148 g/mol. The first-order valence-electron chi connectivity index (χ1n) is 4.13. The lowest BCUT2D eigenvalue weighted by Gasteiger charge is -2.21. The topological polar surface area (TPSA) is 49.8 Å². The monoisotopic (exact) mass is 148 g/mol. The van der Waals surface area contributed by atoms with Crippen molar-refractivity contribution in [3.8, 4) is 6.07 Å². The minimum Gasteiger partial charge on any atom is -0.401 e. The Hall–Kier alpha value is -0.970. The van der Waals surface area contributed by atoms with Gasteiger partial charge in [-0.3, -0.25) is 0 Å². The summed E-state index contributed by atoms with van der Waals surface area (Å²) in [6.07, 6.45) is 5.74. The smallest absolute Gasteiger partial charge is 0.0965 e. The molecule has 0 aromatic rings. The molecule has 58 valence electrons. The SMILES string of the molecule is N#CC1=C(N)CC2(CC1)CC2. The quantitative estimate of drug-likeness (QED) is 0.568. The van der Waals surface area contributed by atoms with E-state index in [1.165, 1.54) is 19.3 Å². The van der Waals surface area contributed by atoms with Gasteiger partial charge in [0, 0.05) is 11.3 Å². The van der Waals surface area contributed by atoms with Crippen LogP contribution in [-0.4, -0.2) is 0 Å². The van der Waals surface area contributed by atoms with Crippen molar-refractivity contribution in [3.63, 3.8) is 0 Å². The average Bonchev–Trinajstić information content (AvgIpc) is 2.70. The van der Waals surface area contributed by atoms with Crippen LogP contribution in [0.25, 0.3) is 0 Å². The van der Waals surface area contributed by atoms with Crippen LogP contribution in [0.4, 0.5) is 0 Å². The fraction of sp³-hybridized carbons (Fsp3) is 0.667. The number of hydrogen-bond donors (Lipinski definition) is 1. The van der Waals surface area contributed by atoms with Gasteiger partial charge in [-0.1, -0.05) is 0 Å². The van der Waals surface area contributed by atoms with Crippen LogP contribution in [0, 0.1) is 16.7 Å². The van der Waals surface area contributed by atoms with Crippen molar-refractivity contribution in [2.75, 3.05) is 0 Å². The Bertz CT molecular complexity index is 253. The second-order valence-corrected chi connectivity index (χ2v) is 3.79. The zero-order chi connectivity index (χ0) is 7.90. The summed E-state index contributed by atoms with van der Waals surface area (Å²) in [7, 11) is 0. The van der Waals surface area contributed by atoms with Crippen LogP contribution in [0.15, 0.2) is 11.3 Å². The Morgan fingerprint density at radius 2 is 2.09 bits per heavy atom. The van der Waals surface area contributed by atoms with E-state index in [4.69, 9.17) is 11.0 Å². The van der Waals surface area contributed by atoms with E-state index in [-0.39, 0.29) is 0 Å². The van der Waals surface area contributed by atoms with Crippen LogP contribution in [0.2, 0.25) is 0 Å². The van der Waals surface area contributed by atoms with E-state index in [1.54, 1.807) is 0 Å². The molecule has 0 amide bonds. The van der Waals surface area contributed by atoms with Gasteiger partial charge in [-0.2, -0.15) is 5.26 Å². The normalized spacial score (nSPS) is 26.8. The predicted molar refractivity (Wildman–Crippen MR) is 42.3 cm³/mol. The van der Waals surface area contributed by atoms with Gasteiger partial charge in [0.2, 0.25) is 0 Å². The maximum absolute atomic E-state index is 8.66. The van der Waals surface area contributed by atoms with Gasteiger partial charge in [0.05, 0.1) is 6.07 Å². The largest absolute Gasteiger partial charge is 0.401 e. The van der Waals surface area contributed by atoms with Crippen molar-refractivity contribution < 1.29 is 0 Å². The van der Waals surface area contributed by atoms with Gasteiger partial charge >= 0.3 is 0 Å². The molecule has 0 radical (unpaired) electrons. The molecule has 0 aromatic carbocycles. The van der Waals surface area contributed by atoms with E-state index in [9.17, 15) is 0 Å². The highest BCUT2D eigenvalue weighted by Crippen LogP contribution is 2.56. The molecule has 0 heterocycles. The highest BCUT2D eigenvalue weighted by Gasteiger charge is 2.44. The molecule has 0 aromatic heterocycles. The Morgan fingerprint density at radius 3 is 2.55 bits per heavy atom. The van der Waals surface area contributed by atoms with E-state index >= 15 is 0 Å². The molecular formula is C9H12N2. The molecule has 0 saturated heterocycles. The second-order valence-electron chi connectivity index (χ2n) is 3.79. The molecule has 0 unspecified atom stereocenters. The van der Waals surface area contributed by atoms with Crippen molar-refractivity contribution in [2.24, 2.45) is 11.1 Å². The lowest BCUT2D eigenvalue weighted by Crippen LogP contribution is -2.15. The standard InChI is InChI=1S/C9H12N2/c10-6-7-1-2-9(3-4-9)5-8(7)11/h1-5,11H2. The molecule has 1 fully saturated rings. The van der Waals surface area contributed by atoms with Crippen molar-refractivity contribution >= 4 is 0 Å². The highest BCUT2D eigenvalue weighted by atomic mass is 14.6. The van der Waals surface area contributed by atoms with E-state index in [0.29, 0.717) is 5.41 Å². The fourth-order valence-electron chi connectivity index (χ4n) is 1.88. The molecule has 2 aliphatic rings. The molecular weight excluding hydrogens is 136 g/mol. The molecule has 2 aliphatic carbocycles. The second kappa shape index (κ2) is 2.01. The molecule has 1 spiro atoms. The maximum atomic E-state index is 8.66. The van der Waals surface area contributed by atoms with Crippen LogP contribution >= 0.6 is 0 Å². The lowest BCUT2D eigenvalue weighted by molar-refractivity contribution is 0.436. The first-order valence-corrected chi connectivity index (χ1v) is 4.13. The minimum absolute atomic E-state index is 0.546. The Labute approximate surface area is 66.7 Å².